The first kappa shape index (κ1) is 16.4. The Balaban J connectivity index is 2.09. The Morgan fingerprint density at radius 1 is 1.24 bits per heavy atom. The Bertz CT molecular complexity index is 632. The van der Waals surface area contributed by atoms with Gasteiger partial charge in [0.1, 0.15) is 5.75 Å². The normalized spacial score (nSPS) is 16.1. The molecule has 1 saturated carbocycles. The quantitative estimate of drug-likeness (QED) is 0.817. The highest BCUT2D eigenvalue weighted by molar-refractivity contribution is 7.92. The van der Waals surface area contributed by atoms with Gasteiger partial charge in [-0.25, -0.2) is 8.42 Å². The molecular weight excluding hydrogens is 335 g/mol. The molecule has 116 valence electrons. The van der Waals surface area contributed by atoms with Crippen LogP contribution in [0.2, 0.25) is 10.0 Å². The summed E-state index contributed by atoms with van der Waals surface area (Å²) in [4.78, 5) is 11.9. The molecule has 1 fully saturated rings. The van der Waals surface area contributed by atoms with Crippen LogP contribution in [0.15, 0.2) is 12.1 Å². The molecule has 0 atom stereocenters. The average Bonchev–Trinajstić information content (AvgIpc) is 2.87. The van der Waals surface area contributed by atoms with Gasteiger partial charge in [-0.1, -0.05) is 36.0 Å². The van der Waals surface area contributed by atoms with E-state index in [0.29, 0.717) is 18.5 Å². The largest absolute Gasteiger partial charge is 0.399 e. The summed E-state index contributed by atoms with van der Waals surface area (Å²) in [6.45, 7) is 0. The predicted molar refractivity (Wildman–Crippen MR) is 85.5 cm³/mol. The molecule has 0 radical (unpaired) electrons. The monoisotopic (exact) mass is 350 g/mol. The Hall–Kier alpha value is -0.980. The van der Waals surface area contributed by atoms with Crippen LogP contribution in [0.25, 0.3) is 0 Å². The van der Waals surface area contributed by atoms with Crippen molar-refractivity contribution in [2.75, 3.05) is 16.8 Å². The smallest absolute Gasteiger partial charge is 0.239 e. The Morgan fingerprint density at radius 2 is 1.76 bits per heavy atom. The van der Waals surface area contributed by atoms with E-state index in [-0.39, 0.29) is 15.7 Å². The molecule has 5 nitrogen and oxygen atoms in total. The van der Waals surface area contributed by atoms with E-state index < -0.39 is 26.7 Å². The maximum absolute atomic E-state index is 12.1. The van der Waals surface area contributed by atoms with Crippen LogP contribution in [0.4, 0.5) is 11.4 Å². The van der Waals surface area contributed by atoms with Gasteiger partial charge in [-0.15, -0.1) is 0 Å². The molecule has 0 aliphatic heterocycles. The lowest BCUT2D eigenvalue weighted by molar-refractivity contribution is -0.113. The maximum Gasteiger partial charge on any atom is 0.239 e. The lowest BCUT2D eigenvalue weighted by atomic mass is 10.3. The van der Waals surface area contributed by atoms with Gasteiger partial charge >= 0.3 is 0 Å². The molecule has 2 rings (SSSR count). The molecule has 0 saturated heterocycles. The third-order valence-electron chi connectivity index (χ3n) is 3.47. The van der Waals surface area contributed by atoms with Gasteiger partial charge < -0.3 is 11.1 Å². The molecular formula is C13H16Cl2N2O3S. The first-order valence-electron chi connectivity index (χ1n) is 6.55. The average molecular weight is 351 g/mol. The van der Waals surface area contributed by atoms with E-state index in [0.717, 1.165) is 12.8 Å². The van der Waals surface area contributed by atoms with Crippen molar-refractivity contribution in [1.29, 1.82) is 0 Å². The van der Waals surface area contributed by atoms with E-state index in [1.54, 1.807) is 0 Å². The Kier molecular flexibility index (Phi) is 5.01. The zero-order chi connectivity index (χ0) is 15.6. The van der Waals surface area contributed by atoms with Crippen LogP contribution < -0.4 is 11.1 Å². The number of carbonyl (C=O) groups is 1. The zero-order valence-electron chi connectivity index (χ0n) is 11.2. The van der Waals surface area contributed by atoms with Crippen molar-refractivity contribution in [3.05, 3.63) is 22.2 Å². The summed E-state index contributed by atoms with van der Waals surface area (Å²) < 4.78 is 24.2. The molecule has 21 heavy (non-hydrogen) atoms. The summed E-state index contributed by atoms with van der Waals surface area (Å²) in [6, 6.07) is 2.88. The van der Waals surface area contributed by atoms with Crippen LogP contribution in [0, 0.1) is 0 Å². The summed E-state index contributed by atoms with van der Waals surface area (Å²) in [5.41, 5.74) is 6.11. The van der Waals surface area contributed by atoms with Crippen molar-refractivity contribution in [2.24, 2.45) is 0 Å². The fourth-order valence-electron chi connectivity index (χ4n) is 2.44. The molecule has 1 aliphatic carbocycles. The van der Waals surface area contributed by atoms with Crippen LogP contribution in [0.5, 0.6) is 0 Å². The number of rotatable bonds is 4. The summed E-state index contributed by atoms with van der Waals surface area (Å²) in [7, 11) is -3.44. The fraction of sp³-hybridized carbons (Fsp3) is 0.462. The van der Waals surface area contributed by atoms with Gasteiger partial charge in [0.15, 0.2) is 9.84 Å². The lowest BCUT2D eigenvalue weighted by Crippen LogP contribution is -2.29. The molecule has 8 heteroatoms. The topological polar surface area (TPSA) is 89.3 Å². The third kappa shape index (κ3) is 4.02. The molecule has 1 aliphatic rings. The van der Waals surface area contributed by atoms with Gasteiger partial charge in [-0.05, 0) is 25.0 Å². The van der Waals surface area contributed by atoms with Gasteiger partial charge in [-0.2, -0.15) is 0 Å². The molecule has 0 bridgehead atoms. The van der Waals surface area contributed by atoms with Crippen LogP contribution >= 0.6 is 23.2 Å². The van der Waals surface area contributed by atoms with Gasteiger partial charge in [0.05, 0.1) is 21.0 Å². The van der Waals surface area contributed by atoms with Crippen LogP contribution in [0.3, 0.4) is 0 Å². The number of hydrogen-bond acceptors (Lipinski definition) is 4. The number of nitrogen functional groups attached to an aromatic ring is 1. The van der Waals surface area contributed by atoms with E-state index in [1.807, 2.05) is 0 Å². The molecule has 1 aromatic carbocycles. The number of amides is 1. The maximum atomic E-state index is 12.1. The summed E-state index contributed by atoms with van der Waals surface area (Å²) in [6.07, 6.45) is 3.03. The molecule has 0 spiro atoms. The van der Waals surface area contributed by atoms with Gasteiger partial charge in [0.25, 0.3) is 0 Å². The second-order valence-corrected chi connectivity index (χ2v) is 8.22. The number of halogens is 2. The number of benzene rings is 1. The fourth-order valence-corrected chi connectivity index (χ4v) is 4.76. The lowest BCUT2D eigenvalue weighted by Gasteiger charge is -2.13. The molecule has 0 heterocycles. The SMILES string of the molecule is Nc1cc(Cl)c(NC(=O)CS(=O)(=O)C2CCCC2)c(Cl)c1. The molecule has 0 unspecified atom stereocenters. The van der Waals surface area contributed by atoms with Crippen molar-refractivity contribution < 1.29 is 13.2 Å². The van der Waals surface area contributed by atoms with Crippen LogP contribution in [0.1, 0.15) is 25.7 Å². The van der Waals surface area contributed by atoms with Gasteiger partial charge in [-0.3, -0.25) is 4.79 Å². The summed E-state index contributed by atoms with van der Waals surface area (Å²) in [5.74, 6) is -1.20. The van der Waals surface area contributed by atoms with Crippen molar-refractivity contribution in [2.45, 2.75) is 30.9 Å². The second-order valence-electron chi connectivity index (χ2n) is 5.12. The minimum Gasteiger partial charge on any atom is -0.399 e. The van der Waals surface area contributed by atoms with Crippen molar-refractivity contribution in [3.8, 4) is 0 Å². The minimum absolute atomic E-state index is 0.173. The van der Waals surface area contributed by atoms with Crippen LogP contribution in [-0.4, -0.2) is 25.3 Å². The molecule has 1 amide bonds. The van der Waals surface area contributed by atoms with Crippen LogP contribution in [-0.2, 0) is 14.6 Å². The highest BCUT2D eigenvalue weighted by atomic mass is 35.5. The van der Waals surface area contributed by atoms with E-state index in [2.05, 4.69) is 5.32 Å². The molecule has 0 aromatic heterocycles. The molecule has 1 aromatic rings. The first-order valence-corrected chi connectivity index (χ1v) is 9.02. The predicted octanol–water partition coefficient (Wildman–Crippen LogP) is 2.87. The van der Waals surface area contributed by atoms with Crippen molar-refractivity contribution in [1.82, 2.24) is 0 Å². The standard InChI is InChI=1S/C13H16Cl2N2O3S/c14-10-5-8(16)6-11(15)13(10)17-12(18)7-21(19,20)9-3-1-2-4-9/h5-6,9H,1-4,7,16H2,(H,17,18). The number of nitrogens with two attached hydrogens (primary N) is 1. The van der Waals surface area contributed by atoms with Crippen molar-refractivity contribution in [3.63, 3.8) is 0 Å². The van der Waals surface area contributed by atoms with Gasteiger partial charge in [0.2, 0.25) is 5.91 Å². The Morgan fingerprint density at radius 3 is 2.29 bits per heavy atom. The minimum atomic E-state index is -3.44. The number of sulfone groups is 1. The van der Waals surface area contributed by atoms with Crippen molar-refractivity contribution >= 4 is 50.3 Å². The Labute approximate surface area is 133 Å². The summed E-state index contributed by atoms with van der Waals surface area (Å²) >= 11 is 11.9. The third-order valence-corrected chi connectivity index (χ3v) is 6.22. The first-order chi connectivity index (χ1) is 9.79. The van der Waals surface area contributed by atoms with E-state index in [9.17, 15) is 13.2 Å². The molecule has 3 N–H and O–H groups in total. The van der Waals surface area contributed by atoms with Gasteiger partial charge in [0, 0.05) is 5.69 Å². The van der Waals surface area contributed by atoms with E-state index in [1.165, 1.54) is 12.1 Å². The highest BCUT2D eigenvalue weighted by Gasteiger charge is 2.30. The van der Waals surface area contributed by atoms with E-state index in [4.69, 9.17) is 28.9 Å². The van der Waals surface area contributed by atoms with E-state index >= 15 is 0 Å². The highest BCUT2D eigenvalue weighted by Crippen LogP contribution is 2.33. The number of nitrogens with one attached hydrogen (secondary N) is 1. The number of anilines is 2. The zero-order valence-corrected chi connectivity index (χ0v) is 13.6. The number of carbonyl (C=O) groups excluding carboxylic acids is 1. The summed E-state index contributed by atoms with van der Waals surface area (Å²) in [5, 5.41) is 2.38. The second kappa shape index (κ2) is 6.42. The number of hydrogen-bond donors (Lipinski definition) is 2.